The number of guanidine groups is 1. The van der Waals surface area contributed by atoms with Crippen molar-refractivity contribution in [1.29, 1.82) is 0 Å². The van der Waals surface area contributed by atoms with E-state index in [1.165, 1.54) is 12.0 Å². The Bertz CT molecular complexity index is 381. The van der Waals surface area contributed by atoms with Crippen molar-refractivity contribution in [3.05, 3.63) is 35.9 Å². The van der Waals surface area contributed by atoms with Gasteiger partial charge in [-0.05, 0) is 32.0 Å². The first kappa shape index (κ1) is 20.2. The molecule has 0 fully saturated rings. The molecule has 0 atom stereocenters. The molecule has 1 aromatic carbocycles. The van der Waals surface area contributed by atoms with Gasteiger partial charge in [0.25, 0.3) is 0 Å². The molecule has 0 saturated heterocycles. The molecule has 21 heavy (non-hydrogen) atoms. The number of nitrogens with zero attached hydrogens (tertiary/aromatic N) is 2. The average Bonchev–Trinajstić information content (AvgIpc) is 2.45. The smallest absolute Gasteiger partial charge is 0.188 e. The van der Waals surface area contributed by atoms with Crippen molar-refractivity contribution in [1.82, 2.24) is 10.2 Å². The molecule has 0 saturated carbocycles. The van der Waals surface area contributed by atoms with E-state index < -0.39 is 0 Å². The molecule has 1 aromatic rings. The van der Waals surface area contributed by atoms with Crippen LogP contribution in [0.15, 0.2) is 35.3 Å². The molecule has 0 aliphatic rings. The number of hydrogen-bond donors (Lipinski definition) is 2. The van der Waals surface area contributed by atoms with Crippen molar-refractivity contribution < 1.29 is 0 Å². The molecule has 1 rings (SSSR count). The SMILES string of the molecule is CCCCNC(N)=NCCCN(C)Cc1ccccc1.I. The number of nitrogens with two attached hydrogens (primary N) is 1. The average molecular weight is 404 g/mol. The standard InChI is InChI=1S/C16H28N4.HI/c1-3-4-11-18-16(17)19-12-8-13-20(2)14-15-9-6-5-7-10-15;/h5-7,9-10H,3-4,8,11-14H2,1-2H3,(H3,17,18,19);1H. The van der Waals surface area contributed by atoms with Crippen LogP contribution in [0.5, 0.6) is 0 Å². The predicted octanol–water partition coefficient (Wildman–Crippen LogP) is 2.83. The van der Waals surface area contributed by atoms with Crippen LogP contribution < -0.4 is 11.1 Å². The van der Waals surface area contributed by atoms with Crippen LogP contribution in [0.3, 0.4) is 0 Å². The molecule has 3 N–H and O–H groups in total. The van der Waals surface area contributed by atoms with Crippen molar-refractivity contribution in [3.8, 4) is 0 Å². The van der Waals surface area contributed by atoms with Crippen LogP contribution in [0.2, 0.25) is 0 Å². The van der Waals surface area contributed by atoms with E-state index in [9.17, 15) is 0 Å². The summed E-state index contributed by atoms with van der Waals surface area (Å²) in [5.41, 5.74) is 7.13. The third kappa shape index (κ3) is 10.5. The van der Waals surface area contributed by atoms with Crippen LogP contribution in [0.25, 0.3) is 0 Å². The molecule has 0 aliphatic carbocycles. The zero-order valence-electron chi connectivity index (χ0n) is 13.2. The van der Waals surface area contributed by atoms with Crippen LogP contribution in [0.4, 0.5) is 0 Å². The molecular formula is C16H29IN4. The largest absolute Gasteiger partial charge is 0.370 e. The number of rotatable bonds is 9. The van der Waals surface area contributed by atoms with Crippen LogP contribution in [0, 0.1) is 0 Å². The summed E-state index contributed by atoms with van der Waals surface area (Å²) in [6, 6.07) is 10.5. The lowest BCUT2D eigenvalue weighted by Gasteiger charge is -2.16. The molecule has 0 heterocycles. The van der Waals surface area contributed by atoms with Crippen molar-refractivity contribution in [2.45, 2.75) is 32.7 Å². The van der Waals surface area contributed by atoms with E-state index in [1.807, 2.05) is 6.07 Å². The Kier molecular flexibility index (Phi) is 12.4. The van der Waals surface area contributed by atoms with E-state index in [2.05, 4.69) is 53.4 Å². The third-order valence-corrected chi connectivity index (χ3v) is 3.11. The van der Waals surface area contributed by atoms with Gasteiger partial charge in [0.2, 0.25) is 0 Å². The minimum absolute atomic E-state index is 0. The van der Waals surface area contributed by atoms with E-state index in [0.29, 0.717) is 5.96 Å². The summed E-state index contributed by atoms with van der Waals surface area (Å²) in [4.78, 5) is 6.64. The van der Waals surface area contributed by atoms with Gasteiger partial charge >= 0.3 is 0 Å². The summed E-state index contributed by atoms with van der Waals surface area (Å²) in [6.07, 6.45) is 3.33. The van der Waals surface area contributed by atoms with Gasteiger partial charge in [-0.1, -0.05) is 43.7 Å². The molecule has 0 spiro atoms. The van der Waals surface area contributed by atoms with E-state index in [-0.39, 0.29) is 24.0 Å². The van der Waals surface area contributed by atoms with Gasteiger partial charge in [0.1, 0.15) is 0 Å². The molecular weight excluding hydrogens is 375 g/mol. The quantitative estimate of drug-likeness (QED) is 0.288. The number of halogens is 1. The van der Waals surface area contributed by atoms with Gasteiger partial charge < -0.3 is 16.0 Å². The molecule has 0 radical (unpaired) electrons. The van der Waals surface area contributed by atoms with E-state index in [0.717, 1.165) is 39.0 Å². The van der Waals surface area contributed by atoms with Crippen molar-refractivity contribution in [2.24, 2.45) is 10.7 Å². The lowest BCUT2D eigenvalue weighted by atomic mass is 10.2. The van der Waals surface area contributed by atoms with Gasteiger partial charge in [-0.3, -0.25) is 4.99 Å². The molecule has 5 heteroatoms. The molecule has 4 nitrogen and oxygen atoms in total. The molecule has 0 aromatic heterocycles. The second-order valence-corrected chi connectivity index (χ2v) is 5.12. The lowest BCUT2D eigenvalue weighted by molar-refractivity contribution is 0.324. The van der Waals surface area contributed by atoms with Crippen LogP contribution in [0.1, 0.15) is 31.7 Å². The van der Waals surface area contributed by atoms with E-state index in [4.69, 9.17) is 5.73 Å². The first-order chi connectivity index (χ1) is 9.72. The maximum Gasteiger partial charge on any atom is 0.188 e. The summed E-state index contributed by atoms with van der Waals surface area (Å²) < 4.78 is 0. The summed E-state index contributed by atoms with van der Waals surface area (Å²) >= 11 is 0. The highest BCUT2D eigenvalue weighted by Crippen LogP contribution is 2.02. The van der Waals surface area contributed by atoms with Crippen LogP contribution >= 0.6 is 24.0 Å². The minimum Gasteiger partial charge on any atom is -0.370 e. The second-order valence-electron chi connectivity index (χ2n) is 5.12. The van der Waals surface area contributed by atoms with Crippen molar-refractivity contribution in [3.63, 3.8) is 0 Å². The predicted molar refractivity (Wildman–Crippen MR) is 102 cm³/mol. The highest BCUT2D eigenvalue weighted by molar-refractivity contribution is 14.0. The molecule has 0 unspecified atom stereocenters. The monoisotopic (exact) mass is 404 g/mol. The Balaban J connectivity index is 0.00000400. The second kappa shape index (κ2) is 12.9. The van der Waals surface area contributed by atoms with Crippen molar-refractivity contribution >= 4 is 29.9 Å². The Labute approximate surface area is 146 Å². The zero-order chi connectivity index (χ0) is 14.6. The van der Waals surface area contributed by atoms with Gasteiger partial charge in [0.15, 0.2) is 5.96 Å². The van der Waals surface area contributed by atoms with Gasteiger partial charge in [-0.25, -0.2) is 0 Å². The summed E-state index contributed by atoms with van der Waals surface area (Å²) in [5, 5.41) is 3.13. The van der Waals surface area contributed by atoms with E-state index >= 15 is 0 Å². The topological polar surface area (TPSA) is 53.6 Å². The lowest BCUT2D eigenvalue weighted by Crippen LogP contribution is -2.32. The number of aliphatic imine (C=N–C) groups is 1. The number of nitrogens with one attached hydrogen (secondary N) is 1. The minimum atomic E-state index is 0. The van der Waals surface area contributed by atoms with Crippen LogP contribution in [-0.4, -0.2) is 37.5 Å². The maximum absolute atomic E-state index is 5.78. The third-order valence-electron chi connectivity index (χ3n) is 3.11. The summed E-state index contributed by atoms with van der Waals surface area (Å²) in [5.74, 6) is 0.573. The number of hydrogen-bond acceptors (Lipinski definition) is 2. The zero-order valence-corrected chi connectivity index (χ0v) is 15.5. The molecule has 0 aliphatic heterocycles. The van der Waals surface area contributed by atoms with Gasteiger partial charge in [0.05, 0.1) is 0 Å². The van der Waals surface area contributed by atoms with Crippen molar-refractivity contribution in [2.75, 3.05) is 26.7 Å². The number of unbranched alkanes of at least 4 members (excludes halogenated alkanes) is 1. The first-order valence-corrected chi connectivity index (χ1v) is 7.48. The Morgan fingerprint density at radius 1 is 1.24 bits per heavy atom. The first-order valence-electron chi connectivity index (χ1n) is 7.48. The van der Waals surface area contributed by atoms with Gasteiger partial charge in [0, 0.05) is 19.6 Å². The maximum atomic E-state index is 5.78. The molecule has 0 bridgehead atoms. The fraction of sp³-hybridized carbons (Fsp3) is 0.562. The Morgan fingerprint density at radius 3 is 2.62 bits per heavy atom. The fourth-order valence-corrected chi connectivity index (χ4v) is 1.96. The Hall–Kier alpha value is -0.820. The highest BCUT2D eigenvalue weighted by atomic mass is 127. The Morgan fingerprint density at radius 2 is 1.95 bits per heavy atom. The van der Waals surface area contributed by atoms with E-state index in [1.54, 1.807) is 0 Å². The molecule has 0 amide bonds. The van der Waals surface area contributed by atoms with Gasteiger partial charge in [-0.2, -0.15) is 0 Å². The molecule has 120 valence electrons. The normalized spacial score (nSPS) is 11.3. The summed E-state index contributed by atoms with van der Waals surface area (Å²) in [6.45, 7) is 5.87. The van der Waals surface area contributed by atoms with Crippen LogP contribution in [-0.2, 0) is 6.54 Å². The highest BCUT2D eigenvalue weighted by Gasteiger charge is 1.99. The number of benzene rings is 1. The fourth-order valence-electron chi connectivity index (χ4n) is 1.96. The van der Waals surface area contributed by atoms with Gasteiger partial charge in [-0.15, -0.1) is 24.0 Å². The summed E-state index contributed by atoms with van der Waals surface area (Å²) in [7, 11) is 2.14.